The summed E-state index contributed by atoms with van der Waals surface area (Å²) in [4.78, 5) is 0.315. The Morgan fingerprint density at radius 3 is 2.47 bits per heavy atom. The first-order valence-corrected chi connectivity index (χ1v) is 8.35. The van der Waals surface area contributed by atoms with Gasteiger partial charge in [0.25, 0.3) is 0 Å². The zero-order valence-corrected chi connectivity index (χ0v) is 12.1. The van der Waals surface area contributed by atoms with Crippen LogP contribution in [0.1, 0.15) is 31.7 Å². The summed E-state index contributed by atoms with van der Waals surface area (Å²) in [5.74, 6) is 0.495. The second-order valence-electron chi connectivity index (χ2n) is 5.25. The van der Waals surface area contributed by atoms with Gasteiger partial charge >= 0.3 is 0 Å². The summed E-state index contributed by atoms with van der Waals surface area (Å²) in [5, 5.41) is 0. The Hall–Kier alpha value is -0.910. The molecule has 1 aliphatic rings. The predicted octanol–water partition coefficient (Wildman–Crippen LogP) is 1.65. The molecule has 1 aromatic rings. The molecule has 106 valence electrons. The van der Waals surface area contributed by atoms with Gasteiger partial charge in [-0.3, -0.25) is 0 Å². The van der Waals surface area contributed by atoms with Crippen LogP contribution in [-0.4, -0.2) is 21.0 Å². The molecular weight excluding hydrogens is 260 g/mol. The first kappa shape index (κ1) is 14.5. The van der Waals surface area contributed by atoms with Gasteiger partial charge in [-0.15, -0.1) is 0 Å². The normalized spacial score (nSPS) is 17.4. The fourth-order valence-electron chi connectivity index (χ4n) is 2.10. The van der Waals surface area contributed by atoms with Crippen LogP contribution in [0.15, 0.2) is 29.2 Å². The highest BCUT2D eigenvalue weighted by molar-refractivity contribution is 7.89. The quantitative estimate of drug-likeness (QED) is 0.799. The van der Waals surface area contributed by atoms with Crippen LogP contribution < -0.4 is 10.5 Å². The summed E-state index contributed by atoms with van der Waals surface area (Å²) in [6.07, 6.45) is 4.27. The minimum absolute atomic E-state index is 0.0610. The molecule has 2 rings (SSSR count). The van der Waals surface area contributed by atoms with E-state index in [1.54, 1.807) is 12.1 Å². The van der Waals surface area contributed by atoms with E-state index < -0.39 is 10.0 Å². The molecule has 4 nitrogen and oxygen atoms in total. The third-order valence-corrected chi connectivity index (χ3v) is 4.95. The number of rotatable bonds is 7. The first-order chi connectivity index (χ1) is 9.03. The molecule has 5 heteroatoms. The molecule has 1 aliphatic carbocycles. The highest BCUT2D eigenvalue weighted by Gasteiger charge is 2.29. The van der Waals surface area contributed by atoms with Crippen LogP contribution in [-0.2, 0) is 16.4 Å². The molecule has 0 radical (unpaired) electrons. The maximum absolute atomic E-state index is 12.1. The topological polar surface area (TPSA) is 72.2 Å². The molecule has 1 atom stereocenters. The Balaban J connectivity index is 1.97. The van der Waals surface area contributed by atoms with E-state index in [1.165, 1.54) is 0 Å². The lowest BCUT2D eigenvalue weighted by Crippen LogP contribution is -2.38. The van der Waals surface area contributed by atoms with Gasteiger partial charge in [0.05, 0.1) is 4.90 Å². The second-order valence-corrected chi connectivity index (χ2v) is 7.01. The van der Waals surface area contributed by atoms with Gasteiger partial charge in [0.2, 0.25) is 10.0 Å². The summed E-state index contributed by atoms with van der Waals surface area (Å²) in [6.45, 7) is 2.43. The number of hydrogen-bond acceptors (Lipinski definition) is 3. The SMILES string of the molecule is CCCc1ccc(S(=O)(=O)NCC(N)C2CC2)cc1. The maximum atomic E-state index is 12.1. The van der Waals surface area contributed by atoms with E-state index in [-0.39, 0.29) is 6.04 Å². The van der Waals surface area contributed by atoms with Crippen molar-refractivity contribution in [3.05, 3.63) is 29.8 Å². The highest BCUT2D eigenvalue weighted by atomic mass is 32.2. The lowest BCUT2D eigenvalue weighted by Gasteiger charge is -2.12. The van der Waals surface area contributed by atoms with Crippen LogP contribution in [0.3, 0.4) is 0 Å². The van der Waals surface area contributed by atoms with Crippen molar-refractivity contribution in [1.29, 1.82) is 0 Å². The van der Waals surface area contributed by atoms with Gasteiger partial charge in [0, 0.05) is 12.6 Å². The van der Waals surface area contributed by atoms with Crippen LogP contribution in [0.5, 0.6) is 0 Å². The second kappa shape index (κ2) is 6.03. The summed E-state index contributed by atoms with van der Waals surface area (Å²) in [6, 6.07) is 7.01. The smallest absolute Gasteiger partial charge is 0.240 e. The minimum Gasteiger partial charge on any atom is -0.326 e. The largest absolute Gasteiger partial charge is 0.326 e. The van der Waals surface area contributed by atoms with E-state index in [2.05, 4.69) is 11.6 Å². The minimum atomic E-state index is -3.42. The fourth-order valence-corrected chi connectivity index (χ4v) is 3.18. The van der Waals surface area contributed by atoms with Crippen molar-refractivity contribution in [1.82, 2.24) is 4.72 Å². The number of benzene rings is 1. The number of hydrogen-bond donors (Lipinski definition) is 2. The van der Waals surface area contributed by atoms with Gasteiger partial charge in [-0.25, -0.2) is 13.1 Å². The Morgan fingerprint density at radius 1 is 1.32 bits per heavy atom. The molecule has 0 heterocycles. The summed E-state index contributed by atoms with van der Waals surface area (Å²) in [5.41, 5.74) is 7.06. The molecule has 1 aromatic carbocycles. The highest BCUT2D eigenvalue weighted by Crippen LogP contribution is 2.31. The predicted molar refractivity (Wildman–Crippen MR) is 76.3 cm³/mol. The zero-order valence-electron chi connectivity index (χ0n) is 11.3. The number of nitrogens with one attached hydrogen (secondary N) is 1. The molecule has 0 saturated heterocycles. The van der Waals surface area contributed by atoms with Crippen molar-refractivity contribution >= 4 is 10.0 Å². The standard InChI is InChI=1S/C14H22N2O2S/c1-2-3-11-4-8-13(9-5-11)19(17,18)16-10-14(15)12-6-7-12/h4-5,8-9,12,14,16H,2-3,6-7,10,15H2,1H3. The Bertz CT molecular complexity index is 507. The van der Waals surface area contributed by atoms with E-state index >= 15 is 0 Å². The molecule has 3 N–H and O–H groups in total. The monoisotopic (exact) mass is 282 g/mol. The molecule has 19 heavy (non-hydrogen) atoms. The zero-order chi connectivity index (χ0) is 13.9. The van der Waals surface area contributed by atoms with Crippen molar-refractivity contribution in [2.45, 2.75) is 43.5 Å². The van der Waals surface area contributed by atoms with Crippen molar-refractivity contribution in [2.24, 2.45) is 11.7 Å². The lowest BCUT2D eigenvalue weighted by molar-refractivity contribution is 0.547. The molecule has 0 bridgehead atoms. The van der Waals surface area contributed by atoms with Gasteiger partial charge in [-0.1, -0.05) is 25.5 Å². The molecule has 0 spiro atoms. The molecule has 1 unspecified atom stereocenters. The number of sulfonamides is 1. The maximum Gasteiger partial charge on any atom is 0.240 e. The molecule has 1 fully saturated rings. The van der Waals surface area contributed by atoms with Crippen LogP contribution in [0.25, 0.3) is 0 Å². The third kappa shape index (κ3) is 4.03. The summed E-state index contributed by atoms with van der Waals surface area (Å²) < 4.78 is 26.8. The third-order valence-electron chi connectivity index (χ3n) is 3.51. The van der Waals surface area contributed by atoms with Crippen molar-refractivity contribution in [2.75, 3.05) is 6.54 Å². The molecular formula is C14H22N2O2S. The first-order valence-electron chi connectivity index (χ1n) is 6.87. The van der Waals surface area contributed by atoms with Gasteiger partial charge < -0.3 is 5.73 Å². The van der Waals surface area contributed by atoms with E-state index in [0.717, 1.165) is 31.2 Å². The van der Waals surface area contributed by atoms with Gasteiger partial charge in [0.1, 0.15) is 0 Å². The summed E-state index contributed by atoms with van der Waals surface area (Å²) in [7, 11) is -3.42. The van der Waals surface area contributed by atoms with Crippen LogP contribution in [0, 0.1) is 5.92 Å². The average molecular weight is 282 g/mol. The Kier molecular flexibility index (Phi) is 4.60. The van der Waals surface area contributed by atoms with Crippen LogP contribution >= 0.6 is 0 Å². The lowest BCUT2D eigenvalue weighted by atomic mass is 10.1. The van der Waals surface area contributed by atoms with Crippen molar-refractivity contribution < 1.29 is 8.42 Å². The Morgan fingerprint density at radius 2 is 1.95 bits per heavy atom. The van der Waals surface area contributed by atoms with E-state index in [0.29, 0.717) is 17.4 Å². The van der Waals surface area contributed by atoms with E-state index in [9.17, 15) is 8.42 Å². The van der Waals surface area contributed by atoms with E-state index in [4.69, 9.17) is 5.73 Å². The van der Waals surface area contributed by atoms with E-state index in [1.807, 2.05) is 12.1 Å². The Labute approximate surface area is 115 Å². The van der Waals surface area contributed by atoms with Gasteiger partial charge in [-0.2, -0.15) is 0 Å². The molecule has 0 aromatic heterocycles. The molecule has 1 saturated carbocycles. The van der Waals surface area contributed by atoms with Gasteiger partial charge in [-0.05, 0) is 42.9 Å². The van der Waals surface area contributed by atoms with Crippen molar-refractivity contribution in [3.63, 3.8) is 0 Å². The van der Waals surface area contributed by atoms with Crippen molar-refractivity contribution in [3.8, 4) is 0 Å². The van der Waals surface area contributed by atoms with Crippen LogP contribution in [0.2, 0.25) is 0 Å². The molecule has 0 aliphatic heterocycles. The fraction of sp³-hybridized carbons (Fsp3) is 0.571. The van der Waals surface area contributed by atoms with Gasteiger partial charge in [0.15, 0.2) is 0 Å². The average Bonchev–Trinajstić information content (AvgIpc) is 3.21. The summed E-state index contributed by atoms with van der Waals surface area (Å²) >= 11 is 0. The van der Waals surface area contributed by atoms with Crippen LogP contribution in [0.4, 0.5) is 0 Å². The number of nitrogens with two attached hydrogens (primary N) is 1. The number of aryl methyl sites for hydroxylation is 1. The molecule has 0 amide bonds.